The summed E-state index contributed by atoms with van der Waals surface area (Å²) in [5.41, 5.74) is 0. The maximum Gasteiger partial charge on any atom is 0.199 e. The van der Waals surface area contributed by atoms with E-state index in [0.717, 1.165) is 68.1 Å². The van der Waals surface area contributed by atoms with Crippen LogP contribution in [0.15, 0.2) is 0 Å². The summed E-state index contributed by atoms with van der Waals surface area (Å²) in [7, 11) is -1.66. The summed E-state index contributed by atoms with van der Waals surface area (Å²) < 4.78 is 23.6. The molecular formula is C23H44O6S16. The van der Waals surface area contributed by atoms with Crippen molar-refractivity contribution in [3.8, 4) is 0 Å². The van der Waals surface area contributed by atoms with Crippen LogP contribution in [0.5, 0.6) is 0 Å². The third-order valence-electron chi connectivity index (χ3n) is 4.04. The fourth-order valence-electron chi connectivity index (χ4n) is 2.18. The molecule has 2 atom stereocenters. The van der Waals surface area contributed by atoms with E-state index in [2.05, 4.69) is 0 Å². The van der Waals surface area contributed by atoms with Crippen molar-refractivity contribution in [1.82, 2.24) is 0 Å². The van der Waals surface area contributed by atoms with Gasteiger partial charge in [-0.3, -0.25) is 18.0 Å². The average Bonchev–Trinajstić information content (AvgIpc) is 3.02. The van der Waals surface area contributed by atoms with Crippen molar-refractivity contribution in [1.29, 1.82) is 0 Å². The van der Waals surface area contributed by atoms with Crippen molar-refractivity contribution in [3.05, 3.63) is 0 Å². The first kappa shape index (κ1) is 49.5. The molecule has 0 aromatic heterocycles. The van der Waals surface area contributed by atoms with E-state index >= 15 is 0 Å². The van der Waals surface area contributed by atoms with E-state index < -0.39 is 21.6 Å². The molecule has 0 saturated heterocycles. The van der Waals surface area contributed by atoms with Crippen LogP contribution in [-0.2, 0) is 31.2 Å². The van der Waals surface area contributed by atoms with Crippen molar-refractivity contribution >= 4 is 196 Å². The van der Waals surface area contributed by atoms with E-state index in [0.29, 0.717) is 33.8 Å². The van der Waals surface area contributed by atoms with E-state index in [1.807, 2.05) is 82.3 Å². The lowest BCUT2D eigenvalue weighted by Crippen LogP contribution is -2.07. The van der Waals surface area contributed by atoms with Gasteiger partial charge in [-0.15, -0.1) is 118 Å². The third-order valence-corrected chi connectivity index (χ3v) is 25.0. The lowest BCUT2D eigenvalue weighted by atomic mass is 10.9. The summed E-state index contributed by atoms with van der Waals surface area (Å²) in [6.45, 7) is 0.0430. The van der Waals surface area contributed by atoms with Crippen LogP contribution in [0, 0.1) is 0 Å². The van der Waals surface area contributed by atoms with Crippen LogP contribution >= 0.6 is 165 Å². The summed E-state index contributed by atoms with van der Waals surface area (Å²) in [4.78, 5) is 23.5. The van der Waals surface area contributed by atoms with Gasteiger partial charge in [0.25, 0.3) is 0 Å². The molecule has 268 valence electrons. The summed E-state index contributed by atoms with van der Waals surface area (Å²) in [5.74, 6) is 5.11. The van der Waals surface area contributed by atoms with Crippen molar-refractivity contribution < 1.29 is 28.2 Å². The Kier molecular flexibility index (Phi) is 45.3. The lowest BCUT2D eigenvalue weighted by Gasteiger charge is -2.05. The van der Waals surface area contributed by atoms with Gasteiger partial charge in [-0.1, -0.05) is 23.5 Å². The molecule has 0 amide bonds. The summed E-state index contributed by atoms with van der Waals surface area (Å²) in [5, 5.41) is 28.1. The van der Waals surface area contributed by atoms with Gasteiger partial charge in [0.2, 0.25) is 0 Å². The normalized spacial score (nSPS) is 12.8. The lowest BCUT2D eigenvalue weighted by molar-refractivity contribution is -0.109. The number of hydrogen-bond donors (Lipinski definition) is 2. The molecule has 0 spiro atoms. The fourth-order valence-corrected chi connectivity index (χ4v) is 21.8. The number of rotatable bonds is 36. The average molecular weight is 930 g/mol. The number of aliphatic hydroxyl groups excluding tert-OH is 2. The SMILES string of the molecule is O=C(CSCSCSCSCCS(=O)CSCSCSCSCSC(=O)CSCSCSCSCCS(=O)CCO)SCCO. The van der Waals surface area contributed by atoms with Gasteiger partial charge < -0.3 is 10.2 Å². The number of hydrogen-bond acceptors (Lipinski definition) is 20. The van der Waals surface area contributed by atoms with Gasteiger partial charge in [0.05, 0.1) is 29.8 Å². The molecule has 6 nitrogen and oxygen atoms in total. The van der Waals surface area contributed by atoms with Crippen molar-refractivity contribution in [2.24, 2.45) is 0 Å². The Hall–Kier alpha value is 4.46. The highest BCUT2D eigenvalue weighted by atomic mass is 32.3. The fraction of sp³-hybridized carbons (Fsp3) is 0.913. The second-order valence-electron chi connectivity index (χ2n) is 7.62. The van der Waals surface area contributed by atoms with Gasteiger partial charge in [-0.05, 0) is 0 Å². The standard InChI is InChI=1S/C23H44O6S16/c24-1-3-42-22(26)9-32-13-36-16-35-12-31-5-8-45(29)21-41-19-39-17-38-18-40-20-43-23(27)10-33-14-37-15-34-11-30-4-7-44(28)6-2-25/h24-25H,1-21H2. The molecule has 0 aromatic rings. The molecule has 0 aliphatic carbocycles. The summed E-state index contributed by atoms with van der Waals surface area (Å²) in [6.07, 6.45) is 0. The zero-order chi connectivity index (χ0) is 33.1. The molecule has 2 N–H and O–H groups in total. The smallest absolute Gasteiger partial charge is 0.199 e. The first-order valence-electron chi connectivity index (χ1n) is 13.1. The molecule has 0 rings (SSSR count). The molecule has 0 saturated carbocycles. The first-order chi connectivity index (χ1) is 22.0. The predicted molar refractivity (Wildman–Crippen MR) is 239 cm³/mol. The Morgan fingerprint density at radius 3 is 1.36 bits per heavy atom. The number of carbonyl (C=O) groups excluding carboxylic acids is 2. The van der Waals surface area contributed by atoms with E-state index in [9.17, 15) is 18.0 Å². The Balaban J connectivity index is 3.29. The molecule has 0 aromatic carbocycles. The van der Waals surface area contributed by atoms with Crippen LogP contribution in [0.4, 0.5) is 0 Å². The van der Waals surface area contributed by atoms with Gasteiger partial charge in [0.15, 0.2) is 10.2 Å². The molecule has 0 heterocycles. The molecule has 0 fully saturated rings. The molecule has 2 unspecified atom stereocenters. The van der Waals surface area contributed by atoms with Crippen molar-refractivity contribution in [2.75, 3.05) is 115 Å². The van der Waals surface area contributed by atoms with Gasteiger partial charge in [0, 0.05) is 107 Å². The second kappa shape index (κ2) is 41.2. The molecule has 45 heavy (non-hydrogen) atoms. The molecular weight excluding hydrogens is 885 g/mol. The molecule has 0 aliphatic heterocycles. The highest BCUT2D eigenvalue weighted by Crippen LogP contribution is 2.26. The quantitative estimate of drug-likeness (QED) is 0.0484. The number of thioether (sulfide) groups is 14. The van der Waals surface area contributed by atoms with Gasteiger partial charge in [0.1, 0.15) is 0 Å². The summed E-state index contributed by atoms with van der Waals surface area (Å²) >= 11 is 24.2. The first-order valence-corrected chi connectivity index (χ1v) is 32.0. The van der Waals surface area contributed by atoms with Crippen molar-refractivity contribution in [2.45, 2.75) is 0 Å². The topological polar surface area (TPSA) is 109 Å². The minimum absolute atomic E-state index is 0.00454. The third kappa shape index (κ3) is 41.1. The second-order valence-corrected chi connectivity index (χ2v) is 29.2. The molecule has 0 radical (unpaired) electrons. The van der Waals surface area contributed by atoms with E-state index in [-0.39, 0.29) is 23.4 Å². The Bertz CT molecular complexity index is 742. The van der Waals surface area contributed by atoms with Crippen LogP contribution < -0.4 is 0 Å². The largest absolute Gasteiger partial charge is 0.396 e. The van der Waals surface area contributed by atoms with E-state index in [4.69, 9.17) is 10.2 Å². The van der Waals surface area contributed by atoms with Crippen LogP contribution in [0.25, 0.3) is 0 Å². The van der Waals surface area contributed by atoms with Crippen LogP contribution in [0.2, 0.25) is 0 Å². The summed E-state index contributed by atoms with van der Waals surface area (Å²) in [6, 6.07) is 0. The van der Waals surface area contributed by atoms with Gasteiger partial charge in [-0.2, -0.15) is 23.5 Å². The molecule has 22 heteroatoms. The Morgan fingerprint density at radius 2 is 0.844 bits per heavy atom. The maximum absolute atomic E-state index is 12.2. The van der Waals surface area contributed by atoms with Crippen LogP contribution in [0.1, 0.15) is 0 Å². The monoisotopic (exact) mass is 928 g/mol. The van der Waals surface area contributed by atoms with Crippen LogP contribution in [0.3, 0.4) is 0 Å². The maximum atomic E-state index is 12.2. The highest BCUT2D eigenvalue weighted by Gasteiger charge is 2.05. The van der Waals surface area contributed by atoms with Gasteiger partial charge >= 0.3 is 0 Å². The van der Waals surface area contributed by atoms with E-state index in [1.54, 1.807) is 58.8 Å². The van der Waals surface area contributed by atoms with E-state index in [1.165, 1.54) is 23.5 Å². The Labute approximate surface area is 335 Å². The Morgan fingerprint density at radius 1 is 0.422 bits per heavy atom. The molecule has 0 aliphatic rings. The number of carbonyl (C=O) groups is 2. The minimum Gasteiger partial charge on any atom is -0.396 e. The molecule has 0 bridgehead atoms. The highest BCUT2D eigenvalue weighted by molar-refractivity contribution is 8.31. The zero-order valence-corrected chi connectivity index (χ0v) is 38.0. The van der Waals surface area contributed by atoms with Crippen molar-refractivity contribution in [3.63, 3.8) is 0 Å². The zero-order valence-electron chi connectivity index (χ0n) is 24.9. The predicted octanol–water partition coefficient (Wildman–Crippen LogP) is 7.32. The van der Waals surface area contributed by atoms with Gasteiger partial charge in [-0.25, -0.2) is 0 Å². The van der Waals surface area contributed by atoms with Crippen LogP contribution in [-0.4, -0.2) is 144 Å². The number of aliphatic hydroxyl groups is 2. The minimum atomic E-state index is -0.893.